The lowest BCUT2D eigenvalue weighted by Crippen LogP contribution is -2.26. The van der Waals surface area contributed by atoms with Crippen LogP contribution in [0.1, 0.15) is 54.5 Å². The summed E-state index contributed by atoms with van der Waals surface area (Å²) < 4.78 is 2.31. The quantitative estimate of drug-likeness (QED) is 0.941. The van der Waals surface area contributed by atoms with Gasteiger partial charge >= 0.3 is 0 Å². The number of rotatable bonds is 3. The van der Waals surface area contributed by atoms with Crippen LogP contribution in [0.15, 0.2) is 24.3 Å². The summed E-state index contributed by atoms with van der Waals surface area (Å²) in [6.07, 6.45) is 7.30. The zero-order valence-electron chi connectivity index (χ0n) is 12.4. The molecule has 110 valence electrons. The molecule has 1 N–H and O–H groups in total. The van der Waals surface area contributed by atoms with E-state index in [0.29, 0.717) is 6.04 Å². The molecule has 4 nitrogen and oxygen atoms in total. The van der Waals surface area contributed by atoms with Crippen LogP contribution in [0.5, 0.6) is 0 Å². The zero-order chi connectivity index (χ0) is 14.1. The molecule has 2 heterocycles. The van der Waals surface area contributed by atoms with Gasteiger partial charge in [0.25, 0.3) is 0 Å². The number of aryl methyl sites for hydroxylation is 2. The average Bonchev–Trinajstić information content (AvgIpc) is 2.96. The standard InChI is InChI=1S/C17H22N4/c1-2-8-14-13(6-1)7-5-9-15(14)18-12-17-20-19-16-10-3-4-11-21(16)17/h1-2,6,8,15,18H,3-5,7,9-12H2. The van der Waals surface area contributed by atoms with Gasteiger partial charge in [-0.15, -0.1) is 10.2 Å². The number of aromatic nitrogens is 3. The van der Waals surface area contributed by atoms with Gasteiger partial charge in [0.2, 0.25) is 0 Å². The lowest BCUT2D eigenvalue weighted by Gasteiger charge is -2.26. The second-order valence-electron chi connectivity index (χ2n) is 6.17. The Hall–Kier alpha value is -1.68. The van der Waals surface area contributed by atoms with Crippen molar-refractivity contribution in [2.75, 3.05) is 0 Å². The second kappa shape index (κ2) is 5.60. The van der Waals surface area contributed by atoms with E-state index in [4.69, 9.17) is 0 Å². The third-order valence-electron chi connectivity index (χ3n) is 4.81. The SMILES string of the molecule is c1ccc2c(c1)CCCC2NCc1nnc2n1CCCC2. The van der Waals surface area contributed by atoms with E-state index in [2.05, 4.69) is 44.3 Å². The summed E-state index contributed by atoms with van der Waals surface area (Å²) in [5.41, 5.74) is 2.98. The first-order chi connectivity index (χ1) is 10.4. The molecular formula is C17H22N4. The molecule has 1 aromatic heterocycles. The average molecular weight is 282 g/mol. The molecule has 0 fully saturated rings. The third kappa shape index (κ3) is 2.48. The minimum absolute atomic E-state index is 0.464. The van der Waals surface area contributed by atoms with Crippen LogP contribution < -0.4 is 5.32 Å². The molecule has 0 radical (unpaired) electrons. The van der Waals surface area contributed by atoms with E-state index in [1.165, 1.54) is 49.1 Å². The van der Waals surface area contributed by atoms with Crippen LogP contribution in [0.4, 0.5) is 0 Å². The lowest BCUT2D eigenvalue weighted by molar-refractivity contribution is 0.436. The third-order valence-corrected chi connectivity index (χ3v) is 4.81. The van der Waals surface area contributed by atoms with Crippen LogP contribution in [0.25, 0.3) is 0 Å². The van der Waals surface area contributed by atoms with Gasteiger partial charge in [-0.2, -0.15) is 0 Å². The van der Waals surface area contributed by atoms with Crippen molar-refractivity contribution < 1.29 is 0 Å². The highest BCUT2D eigenvalue weighted by Gasteiger charge is 2.21. The van der Waals surface area contributed by atoms with Crippen molar-refractivity contribution in [2.45, 2.75) is 57.7 Å². The Bertz CT molecular complexity index is 631. The summed E-state index contributed by atoms with van der Waals surface area (Å²) in [5, 5.41) is 12.4. The fourth-order valence-corrected chi connectivity index (χ4v) is 3.68. The summed E-state index contributed by atoms with van der Waals surface area (Å²) in [7, 11) is 0. The molecule has 4 rings (SSSR count). The largest absolute Gasteiger partial charge is 0.314 e. The van der Waals surface area contributed by atoms with Crippen molar-refractivity contribution in [1.82, 2.24) is 20.1 Å². The fraction of sp³-hybridized carbons (Fsp3) is 0.529. The van der Waals surface area contributed by atoms with Gasteiger partial charge in [0.05, 0.1) is 6.54 Å². The van der Waals surface area contributed by atoms with E-state index < -0.39 is 0 Å². The number of hydrogen-bond donors (Lipinski definition) is 1. The summed E-state index contributed by atoms with van der Waals surface area (Å²) in [6, 6.07) is 9.30. The van der Waals surface area contributed by atoms with Gasteiger partial charge in [-0.25, -0.2) is 0 Å². The van der Waals surface area contributed by atoms with Gasteiger partial charge in [0.1, 0.15) is 11.6 Å². The normalized spacial score (nSPS) is 20.9. The highest BCUT2D eigenvalue weighted by molar-refractivity contribution is 5.32. The maximum Gasteiger partial charge on any atom is 0.147 e. The van der Waals surface area contributed by atoms with Gasteiger partial charge in [-0.1, -0.05) is 24.3 Å². The smallest absolute Gasteiger partial charge is 0.147 e. The van der Waals surface area contributed by atoms with Crippen LogP contribution in [0.3, 0.4) is 0 Å². The highest BCUT2D eigenvalue weighted by Crippen LogP contribution is 2.29. The molecule has 0 bridgehead atoms. The molecule has 1 unspecified atom stereocenters. The van der Waals surface area contributed by atoms with E-state index in [1.54, 1.807) is 0 Å². The first kappa shape index (κ1) is 13.0. The van der Waals surface area contributed by atoms with Crippen LogP contribution in [0, 0.1) is 0 Å². The highest BCUT2D eigenvalue weighted by atomic mass is 15.3. The summed E-state index contributed by atoms with van der Waals surface area (Å²) in [6.45, 7) is 1.91. The van der Waals surface area contributed by atoms with E-state index in [1.807, 2.05) is 0 Å². The summed E-state index contributed by atoms with van der Waals surface area (Å²) in [4.78, 5) is 0. The minimum atomic E-state index is 0.464. The Morgan fingerprint density at radius 3 is 3.05 bits per heavy atom. The molecule has 0 saturated carbocycles. The van der Waals surface area contributed by atoms with Crippen molar-refractivity contribution in [3.63, 3.8) is 0 Å². The molecule has 0 spiro atoms. The number of fused-ring (bicyclic) bond motifs is 2. The van der Waals surface area contributed by atoms with Gasteiger partial charge in [0, 0.05) is 19.0 Å². The summed E-state index contributed by atoms with van der Waals surface area (Å²) in [5.74, 6) is 2.27. The van der Waals surface area contributed by atoms with Crippen LogP contribution in [0.2, 0.25) is 0 Å². The van der Waals surface area contributed by atoms with Crippen LogP contribution >= 0.6 is 0 Å². The van der Waals surface area contributed by atoms with Crippen molar-refractivity contribution in [3.8, 4) is 0 Å². The van der Waals surface area contributed by atoms with Gasteiger partial charge in [0.15, 0.2) is 0 Å². The lowest BCUT2D eigenvalue weighted by atomic mass is 9.88. The number of hydrogen-bond acceptors (Lipinski definition) is 3. The maximum absolute atomic E-state index is 4.39. The van der Waals surface area contributed by atoms with Crippen molar-refractivity contribution >= 4 is 0 Å². The number of nitrogens with zero attached hydrogens (tertiary/aromatic N) is 3. The first-order valence-electron chi connectivity index (χ1n) is 8.14. The predicted octanol–water partition coefficient (Wildman–Crippen LogP) is 2.78. The Balaban J connectivity index is 1.49. The maximum atomic E-state index is 4.39. The van der Waals surface area contributed by atoms with Crippen molar-refractivity contribution in [1.29, 1.82) is 0 Å². The molecule has 2 aromatic rings. The van der Waals surface area contributed by atoms with E-state index in [0.717, 1.165) is 25.3 Å². The molecule has 1 aliphatic carbocycles. The zero-order valence-corrected chi connectivity index (χ0v) is 12.4. The molecule has 1 aromatic carbocycles. The monoisotopic (exact) mass is 282 g/mol. The van der Waals surface area contributed by atoms with E-state index in [-0.39, 0.29) is 0 Å². The van der Waals surface area contributed by atoms with E-state index in [9.17, 15) is 0 Å². The van der Waals surface area contributed by atoms with Gasteiger partial charge in [-0.05, 0) is 43.2 Å². The Morgan fingerprint density at radius 1 is 1.10 bits per heavy atom. The number of benzene rings is 1. The predicted molar refractivity (Wildman–Crippen MR) is 81.9 cm³/mol. The van der Waals surface area contributed by atoms with E-state index >= 15 is 0 Å². The minimum Gasteiger partial charge on any atom is -0.314 e. The Morgan fingerprint density at radius 2 is 2.05 bits per heavy atom. The molecule has 21 heavy (non-hydrogen) atoms. The molecule has 2 aliphatic rings. The first-order valence-corrected chi connectivity index (χ1v) is 8.14. The molecule has 0 saturated heterocycles. The van der Waals surface area contributed by atoms with Crippen molar-refractivity contribution in [3.05, 3.63) is 47.0 Å². The van der Waals surface area contributed by atoms with Crippen LogP contribution in [-0.4, -0.2) is 14.8 Å². The number of nitrogens with one attached hydrogen (secondary N) is 1. The van der Waals surface area contributed by atoms with Gasteiger partial charge < -0.3 is 9.88 Å². The molecule has 1 atom stereocenters. The molecule has 1 aliphatic heterocycles. The van der Waals surface area contributed by atoms with Gasteiger partial charge in [-0.3, -0.25) is 0 Å². The second-order valence-corrected chi connectivity index (χ2v) is 6.17. The molecular weight excluding hydrogens is 260 g/mol. The van der Waals surface area contributed by atoms with Crippen LogP contribution in [-0.2, 0) is 25.9 Å². The topological polar surface area (TPSA) is 42.7 Å². The summed E-state index contributed by atoms with van der Waals surface area (Å²) >= 11 is 0. The fourth-order valence-electron chi connectivity index (χ4n) is 3.68. The Labute approximate surface area is 125 Å². The van der Waals surface area contributed by atoms with Crippen molar-refractivity contribution in [2.24, 2.45) is 0 Å². The molecule has 0 amide bonds. The Kier molecular flexibility index (Phi) is 3.47. The molecule has 4 heteroatoms.